The summed E-state index contributed by atoms with van der Waals surface area (Å²) in [6, 6.07) is 9.66. The molecule has 0 saturated carbocycles. The van der Waals surface area contributed by atoms with Crippen LogP contribution in [0.25, 0.3) is 0 Å². The zero-order valence-corrected chi connectivity index (χ0v) is 15.6. The first kappa shape index (κ1) is 19.1. The fourth-order valence-corrected chi connectivity index (χ4v) is 3.10. The molecule has 0 radical (unpaired) electrons. The standard InChI is InChI=1S/C19H25N3O2S/c1-3-22(4-2)13-15-6-5-7-17(12-15)21-18(23)8-10-20-19(24)16-9-11-25-14-16/h5-7,9,11-12,14H,3-4,8,10,13H2,1-2H3,(H,20,24)(H,21,23). The highest BCUT2D eigenvalue weighted by Gasteiger charge is 2.08. The van der Waals surface area contributed by atoms with Crippen LogP contribution in [-0.4, -0.2) is 36.3 Å². The Morgan fingerprint density at radius 2 is 1.96 bits per heavy atom. The molecule has 0 atom stereocenters. The maximum absolute atomic E-state index is 12.1. The van der Waals surface area contributed by atoms with Gasteiger partial charge in [-0.3, -0.25) is 14.5 Å². The summed E-state index contributed by atoms with van der Waals surface area (Å²) in [7, 11) is 0. The number of thiophene rings is 1. The van der Waals surface area contributed by atoms with Gasteiger partial charge < -0.3 is 10.6 Å². The molecule has 0 bridgehead atoms. The number of carbonyl (C=O) groups excluding carboxylic acids is 2. The number of benzene rings is 1. The van der Waals surface area contributed by atoms with Crippen LogP contribution in [0.15, 0.2) is 41.1 Å². The molecular weight excluding hydrogens is 334 g/mol. The van der Waals surface area contributed by atoms with Crippen molar-refractivity contribution in [1.82, 2.24) is 10.2 Å². The van der Waals surface area contributed by atoms with Crippen LogP contribution in [0, 0.1) is 0 Å². The van der Waals surface area contributed by atoms with Crippen molar-refractivity contribution in [2.24, 2.45) is 0 Å². The van der Waals surface area contributed by atoms with Gasteiger partial charge in [0.1, 0.15) is 0 Å². The van der Waals surface area contributed by atoms with E-state index in [4.69, 9.17) is 0 Å². The molecule has 0 unspecified atom stereocenters. The third kappa shape index (κ3) is 6.32. The molecule has 6 heteroatoms. The lowest BCUT2D eigenvalue weighted by Crippen LogP contribution is -2.27. The van der Waals surface area contributed by atoms with Crippen molar-refractivity contribution in [3.8, 4) is 0 Å². The summed E-state index contributed by atoms with van der Waals surface area (Å²) in [5.74, 6) is -0.249. The second kappa shape index (κ2) is 9.96. The van der Waals surface area contributed by atoms with E-state index in [9.17, 15) is 9.59 Å². The van der Waals surface area contributed by atoms with Gasteiger partial charge in [0.15, 0.2) is 0 Å². The van der Waals surface area contributed by atoms with Gasteiger partial charge in [0.2, 0.25) is 5.91 Å². The van der Waals surface area contributed by atoms with Crippen LogP contribution in [0.1, 0.15) is 36.2 Å². The molecule has 5 nitrogen and oxygen atoms in total. The predicted molar refractivity (Wildman–Crippen MR) is 103 cm³/mol. The minimum Gasteiger partial charge on any atom is -0.351 e. The second-order valence-corrected chi connectivity index (χ2v) is 6.51. The van der Waals surface area contributed by atoms with E-state index < -0.39 is 0 Å². The monoisotopic (exact) mass is 359 g/mol. The molecule has 134 valence electrons. The molecule has 2 rings (SSSR count). The van der Waals surface area contributed by atoms with Crippen LogP contribution in [-0.2, 0) is 11.3 Å². The largest absolute Gasteiger partial charge is 0.351 e. The molecule has 1 aromatic heterocycles. The predicted octanol–water partition coefficient (Wildman–Crippen LogP) is 3.35. The first-order chi connectivity index (χ1) is 12.1. The molecule has 2 amide bonds. The highest BCUT2D eigenvalue weighted by molar-refractivity contribution is 7.08. The van der Waals surface area contributed by atoms with Crippen LogP contribution in [0.3, 0.4) is 0 Å². The van der Waals surface area contributed by atoms with Gasteiger partial charge in [-0.1, -0.05) is 26.0 Å². The van der Waals surface area contributed by atoms with E-state index >= 15 is 0 Å². The van der Waals surface area contributed by atoms with E-state index in [2.05, 4.69) is 35.4 Å². The topological polar surface area (TPSA) is 61.4 Å². The number of hydrogen-bond donors (Lipinski definition) is 2. The van der Waals surface area contributed by atoms with Gasteiger partial charge >= 0.3 is 0 Å². The van der Waals surface area contributed by atoms with Gasteiger partial charge in [0.05, 0.1) is 0 Å². The second-order valence-electron chi connectivity index (χ2n) is 5.73. The molecule has 1 heterocycles. The lowest BCUT2D eigenvalue weighted by Gasteiger charge is -2.18. The first-order valence-electron chi connectivity index (χ1n) is 8.54. The van der Waals surface area contributed by atoms with Crippen molar-refractivity contribution in [2.75, 3.05) is 25.0 Å². The van der Waals surface area contributed by atoms with Crippen LogP contribution in [0.2, 0.25) is 0 Å². The molecular formula is C19H25N3O2S. The molecule has 0 spiro atoms. The molecule has 0 aliphatic carbocycles. The average molecular weight is 359 g/mol. The fraction of sp³-hybridized carbons (Fsp3) is 0.368. The first-order valence-corrected chi connectivity index (χ1v) is 9.48. The average Bonchev–Trinajstić information content (AvgIpc) is 3.14. The Balaban J connectivity index is 1.79. The van der Waals surface area contributed by atoms with Crippen molar-refractivity contribution >= 4 is 28.8 Å². The van der Waals surface area contributed by atoms with E-state index in [1.807, 2.05) is 23.6 Å². The summed E-state index contributed by atoms with van der Waals surface area (Å²) < 4.78 is 0. The van der Waals surface area contributed by atoms with Gasteiger partial charge in [-0.2, -0.15) is 11.3 Å². The molecule has 2 aromatic rings. The highest BCUT2D eigenvalue weighted by atomic mass is 32.1. The molecule has 0 fully saturated rings. The summed E-state index contributed by atoms with van der Waals surface area (Å²) >= 11 is 1.47. The summed E-state index contributed by atoms with van der Waals surface area (Å²) in [6.07, 6.45) is 0.246. The minimum absolute atomic E-state index is 0.106. The summed E-state index contributed by atoms with van der Waals surface area (Å²) in [5.41, 5.74) is 2.60. The van der Waals surface area contributed by atoms with Crippen LogP contribution < -0.4 is 10.6 Å². The molecule has 0 saturated heterocycles. The maximum atomic E-state index is 12.1. The Bertz CT molecular complexity index is 682. The van der Waals surface area contributed by atoms with Gasteiger partial charge in [-0.05, 0) is 42.2 Å². The van der Waals surface area contributed by atoms with Crippen molar-refractivity contribution in [3.05, 3.63) is 52.2 Å². The van der Waals surface area contributed by atoms with Gasteiger partial charge in [-0.25, -0.2) is 0 Å². The number of carbonyl (C=O) groups is 2. The lowest BCUT2D eigenvalue weighted by atomic mass is 10.2. The summed E-state index contributed by atoms with van der Waals surface area (Å²) in [6.45, 7) is 7.46. The van der Waals surface area contributed by atoms with Crippen LogP contribution >= 0.6 is 11.3 Å². The minimum atomic E-state index is -0.143. The van der Waals surface area contributed by atoms with E-state index in [0.717, 1.165) is 25.3 Å². The number of nitrogens with one attached hydrogen (secondary N) is 2. The molecule has 0 aliphatic heterocycles. The fourth-order valence-electron chi connectivity index (χ4n) is 2.46. The zero-order valence-electron chi connectivity index (χ0n) is 14.7. The Morgan fingerprint density at radius 1 is 1.16 bits per heavy atom. The number of amides is 2. The van der Waals surface area contributed by atoms with Gasteiger partial charge in [-0.15, -0.1) is 0 Å². The normalized spacial score (nSPS) is 10.7. The summed E-state index contributed by atoms with van der Waals surface area (Å²) in [4.78, 5) is 26.2. The van der Waals surface area contributed by atoms with Gasteiger partial charge in [0.25, 0.3) is 5.91 Å². The van der Waals surface area contributed by atoms with Crippen molar-refractivity contribution in [2.45, 2.75) is 26.8 Å². The van der Waals surface area contributed by atoms with Crippen molar-refractivity contribution in [1.29, 1.82) is 0 Å². The number of rotatable bonds is 9. The third-order valence-electron chi connectivity index (χ3n) is 3.93. The molecule has 1 aromatic carbocycles. The van der Waals surface area contributed by atoms with E-state index in [0.29, 0.717) is 12.1 Å². The molecule has 25 heavy (non-hydrogen) atoms. The van der Waals surface area contributed by atoms with Crippen molar-refractivity contribution in [3.63, 3.8) is 0 Å². The number of hydrogen-bond acceptors (Lipinski definition) is 4. The smallest absolute Gasteiger partial charge is 0.252 e. The Morgan fingerprint density at radius 3 is 2.64 bits per heavy atom. The Labute approximate surface area is 153 Å². The Kier molecular flexibility index (Phi) is 7.63. The number of anilines is 1. The highest BCUT2D eigenvalue weighted by Crippen LogP contribution is 2.13. The summed E-state index contributed by atoms with van der Waals surface area (Å²) in [5, 5.41) is 9.29. The van der Waals surface area contributed by atoms with Crippen LogP contribution in [0.4, 0.5) is 5.69 Å². The molecule has 0 aliphatic rings. The molecule has 2 N–H and O–H groups in total. The van der Waals surface area contributed by atoms with E-state index in [1.165, 1.54) is 16.9 Å². The number of nitrogens with zero attached hydrogens (tertiary/aromatic N) is 1. The van der Waals surface area contributed by atoms with Crippen molar-refractivity contribution < 1.29 is 9.59 Å². The lowest BCUT2D eigenvalue weighted by molar-refractivity contribution is -0.116. The quantitative estimate of drug-likeness (QED) is 0.722. The van der Waals surface area contributed by atoms with Crippen LogP contribution in [0.5, 0.6) is 0 Å². The van der Waals surface area contributed by atoms with E-state index in [-0.39, 0.29) is 18.2 Å². The van der Waals surface area contributed by atoms with Gasteiger partial charge in [0, 0.05) is 36.1 Å². The Hall–Kier alpha value is -2.18. The SMILES string of the molecule is CCN(CC)Cc1cccc(NC(=O)CCNC(=O)c2ccsc2)c1. The third-order valence-corrected chi connectivity index (χ3v) is 4.62. The maximum Gasteiger partial charge on any atom is 0.252 e. The van der Waals surface area contributed by atoms with E-state index in [1.54, 1.807) is 11.4 Å². The zero-order chi connectivity index (χ0) is 18.1.